The second-order valence-corrected chi connectivity index (χ2v) is 5.87. The van der Waals surface area contributed by atoms with Crippen LogP contribution in [0.25, 0.3) is 10.8 Å². The molecule has 3 aromatic carbocycles. The van der Waals surface area contributed by atoms with Crippen LogP contribution in [0, 0.1) is 6.92 Å². The first-order valence-corrected chi connectivity index (χ1v) is 7.72. The molecule has 25 heavy (non-hydrogen) atoms. The number of phenols is 3. The molecule has 0 aliphatic heterocycles. The van der Waals surface area contributed by atoms with Gasteiger partial charge in [-0.05, 0) is 41.5 Å². The SMILES string of the molecule is Cc1ccc2cc(C=NCC(=O)c3cc(O)c(O)c(O)c3)ccc2c1. The molecule has 0 amide bonds. The van der Waals surface area contributed by atoms with Crippen LogP contribution in [0.15, 0.2) is 53.5 Å². The van der Waals surface area contributed by atoms with Gasteiger partial charge in [-0.3, -0.25) is 9.79 Å². The Morgan fingerprint density at radius 1 is 0.960 bits per heavy atom. The number of aromatic hydroxyl groups is 3. The number of hydrogen-bond donors (Lipinski definition) is 3. The highest BCUT2D eigenvalue weighted by molar-refractivity contribution is 6.00. The Morgan fingerprint density at radius 3 is 2.32 bits per heavy atom. The predicted octanol–water partition coefficient (Wildman–Crippen LogP) is 3.57. The number of carbonyl (C=O) groups is 1. The molecule has 0 radical (unpaired) electrons. The molecule has 0 heterocycles. The van der Waals surface area contributed by atoms with Gasteiger partial charge in [0.05, 0.1) is 0 Å². The van der Waals surface area contributed by atoms with Crippen LogP contribution in [0.3, 0.4) is 0 Å². The maximum Gasteiger partial charge on any atom is 0.200 e. The molecular weight excluding hydrogens is 318 g/mol. The summed E-state index contributed by atoms with van der Waals surface area (Å²) in [7, 11) is 0. The average Bonchev–Trinajstić information content (AvgIpc) is 2.59. The Kier molecular flexibility index (Phi) is 4.39. The molecule has 0 saturated carbocycles. The highest BCUT2D eigenvalue weighted by Crippen LogP contribution is 2.35. The van der Waals surface area contributed by atoms with Gasteiger partial charge in [0.15, 0.2) is 23.0 Å². The van der Waals surface area contributed by atoms with Crippen LogP contribution < -0.4 is 0 Å². The van der Waals surface area contributed by atoms with Crippen molar-refractivity contribution in [3.63, 3.8) is 0 Å². The summed E-state index contributed by atoms with van der Waals surface area (Å²) in [6.07, 6.45) is 1.61. The molecule has 0 unspecified atom stereocenters. The van der Waals surface area contributed by atoms with Crippen molar-refractivity contribution in [3.05, 3.63) is 65.2 Å². The van der Waals surface area contributed by atoms with Crippen molar-refractivity contribution in [1.82, 2.24) is 0 Å². The molecule has 126 valence electrons. The van der Waals surface area contributed by atoms with Gasteiger partial charge >= 0.3 is 0 Å². The third kappa shape index (κ3) is 3.61. The summed E-state index contributed by atoms with van der Waals surface area (Å²) in [5.41, 5.74) is 2.15. The van der Waals surface area contributed by atoms with Gasteiger partial charge in [0.1, 0.15) is 6.54 Å². The lowest BCUT2D eigenvalue weighted by Gasteiger charge is -2.04. The third-order valence-corrected chi connectivity index (χ3v) is 3.89. The van der Waals surface area contributed by atoms with E-state index in [1.54, 1.807) is 6.21 Å². The highest BCUT2D eigenvalue weighted by atomic mass is 16.3. The van der Waals surface area contributed by atoms with Crippen LogP contribution in [0.5, 0.6) is 17.2 Å². The first-order chi connectivity index (χ1) is 11.9. The van der Waals surface area contributed by atoms with E-state index in [1.165, 1.54) is 5.56 Å². The smallest absolute Gasteiger partial charge is 0.200 e. The summed E-state index contributed by atoms with van der Waals surface area (Å²) in [6, 6.07) is 14.3. The van der Waals surface area contributed by atoms with Crippen molar-refractivity contribution in [2.75, 3.05) is 6.54 Å². The molecule has 0 spiro atoms. The van der Waals surface area contributed by atoms with E-state index in [9.17, 15) is 20.1 Å². The van der Waals surface area contributed by atoms with Gasteiger partial charge in [0.2, 0.25) is 0 Å². The number of aliphatic imine (C=N–C) groups is 1. The van der Waals surface area contributed by atoms with E-state index in [4.69, 9.17) is 0 Å². The Labute approximate surface area is 144 Å². The van der Waals surface area contributed by atoms with Gasteiger partial charge in [0.25, 0.3) is 0 Å². The molecule has 3 aromatic rings. The molecule has 3 N–H and O–H groups in total. The molecule has 3 rings (SSSR count). The van der Waals surface area contributed by atoms with Gasteiger partial charge in [-0.2, -0.15) is 0 Å². The fourth-order valence-corrected chi connectivity index (χ4v) is 2.55. The number of benzene rings is 3. The van der Waals surface area contributed by atoms with Gasteiger partial charge in [-0.1, -0.05) is 35.9 Å². The number of phenolic OH excluding ortho intramolecular Hbond substituents is 3. The molecule has 0 bridgehead atoms. The van der Waals surface area contributed by atoms with E-state index in [-0.39, 0.29) is 17.9 Å². The van der Waals surface area contributed by atoms with Crippen molar-refractivity contribution < 1.29 is 20.1 Å². The number of rotatable bonds is 4. The highest BCUT2D eigenvalue weighted by Gasteiger charge is 2.12. The topological polar surface area (TPSA) is 90.1 Å². The zero-order valence-corrected chi connectivity index (χ0v) is 13.6. The number of fused-ring (bicyclic) bond motifs is 1. The monoisotopic (exact) mass is 335 g/mol. The average molecular weight is 335 g/mol. The largest absolute Gasteiger partial charge is 0.504 e. The van der Waals surface area contributed by atoms with Crippen molar-refractivity contribution in [2.24, 2.45) is 4.99 Å². The maximum atomic E-state index is 12.1. The molecular formula is C20H17NO4. The lowest BCUT2D eigenvalue weighted by atomic mass is 10.1. The number of Topliss-reactive ketones (excluding diaryl/α,β-unsaturated/α-hetero) is 1. The lowest BCUT2D eigenvalue weighted by Crippen LogP contribution is -2.03. The quantitative estimate of drug-likeness (QED) is 0.386. The van der Waals surface area contributed by atoms with Crippen LogP contribution in [0.1, 0.15) is 21.5 Å². The Morgan fingerprint density at radius 2 is 1.60 bits per heavy atom. The molecule has 0 saturated heterocycles. The van der Waals surface area contributed by atoms with E-state index in [0.717, 1.165) is 28.5 Å². The Hall–Kier alpha value is -3.34. The van der Waals surface area contributed by atoms with Crippen molar-refractivity contribution in [1.29, 1.82) is 0 Å². The van der Waals surface area contributed by atoms with Crippen LogP contribution in [0.4, 0.5) is 0 Å². The summed E-state index contributed by atoms with van der Waals surface area (Å²) in [4.78, 5) is 16.2. The number of nitrogens with zero attached hydrogens (tertiary/aromatic N) is 1. The van der Waals surface area contributed by atoms with Gasteiger partial charge < -0.3 is 15.3 Å². The Bertz CT molecular complexity index is 969. The molecule has 0 aliphatic rings. The van der Waals surface area contributed by atoms with Crippen LogP contribution in [0.2, 0.25) is 0 Å². The third-order valence-electron chi connectivity index (χ3n) is 3.89. The van der Waals surface area contributed by atoms with E-state index < -0.39 is 17.2 Å². The molecule has 5 nitrogen and oxygen atoms in total. The van der Waals surface area contributed by atoms with Gasteiger partial charge in [-0.25, -0.2) is 0 Å². The normalized spacial score (nSPS) is 11.2. The lowest BCUT2D eigenvalue weighted by molar-refractivity contribution is 0.100. The first kappa shape index (κ1) is 16.5. The molecule has 0 aromatic heterocycles. The molecule has 5 heteroatoms. The van der Waals surface area contributed by atoms with Crippen LogP contribution in [-0.2, 0) is 0 Å². The van der Waals surface area contributed by atoms with E-state index >= 15 is 0 Å². The van der Waals surface area contributed by atoms with Crippen molar-refractivity contribution in [2.45, 2.75) is 6.92 Å². The second-order valence-electron chi connectivity index (χ2n) is 5.87. The summed E-state index contributed by atoms with van der Waals surface area (Å²) >= 11 is 0. The number of ketones is 1. The number of carbonyl (C=O) groups excluding carboxylic acids is 1. The molecule has 0 atom stereocenters. The van der Waals surface area contributed by atoms with Gasteiger partial charge in [-0.15, -0.1) is 0 Å². The zero-order valence-electron chi connectivity index (χ0n) is 13.6. The van der Waals surface area contributed by atoms with Crippen molar-refractivity contribution in [3.8, 4) is 17.2 Å². The van der Waals surface area contributed by atoms with Crippen LogP contribution >= 0.6 is 0 Å². The fourth-order valence-electron chi connectivity index (χ4n) is 2.55. The minimum absolute atomic E-state index is 0.0823. The zero-order chi connectivity index (χ0) is 18.0. The summed E-state index contributed by atoms with van der Waals surface area (Å²) < 4.78 is 0. The number of aryl methyl sites for hydroxylation is 1. The van der Waals surface area contributed by atoms with E-state index in [0.29, 0.717) is 0 Å². The fraction of sp³-hybridized carbons (Fsp3) is 0.100. The summed E-state index contributed by atoms with van der Waals surface area (Å²) in [6.45, 7) is 1.91. The number of hydrogen-bond acceptors (Lipinski definition) is 5. The molecule has 0 fully saturated rings. The first-order valence-electron chi connectivity index (χ1n) is 7.72. The summed E-state index contributed by atoms with van der Waals surface area (Å²) in [5, 5.41) is 30.4. The van der Waals surface area contributed by atoms with Crippen molar-refractivity contribution >= 4 is 22.8 Å². The van der Waals surface area contributed by atoms with E-state index in [1.807, 2.05) is 37.3 Å². The standard InChI is InChI=1S/C20H17NO4/c1-12-2-4-15-7-13(3-5-14(15)6-12)10-21-11-19(24)16-8-17(22)20(25)18(23)9-16/h2-10,22-23,25H,11H2,1H3. The minimum Gasteiger partial charge on any atom is -0.504 e. The molecule has 0 aliphatic carbocycles. The summed E-state index contributed by atoms with van der Waals surface area (Å²) in [5.74, 6) is -2.11. The van der Waals surface area contributed by atoms with Gasteiger partial charge in [0, 0.05) is 11.8 Å². The van der Waals surface area contributed by atoms with Crippen LogP contribution in [-0.4, -0.2) is 33.9 Å². The minimum atomic E-state index is -0.647. The maximum absolute atomic E-state index is 12.1. The van der Waals surface area contributed by atoms with E-state index in [2.05, 4.69) is 11.1 Å². The second kappa shape index (κ2) is 6.65. The predicted molar refractivity (Wildman–Crippen MR) is 96.9 cm³/mol. The Balaban J connectivity index is 1.74.